The Bertz CT molecular complexity index is 1210. The number of carbonyl (C=O) groups excluding carboxylic acids is 2. The Morgan fingerprint density at radius 2 is 1.68 bits per heavy atom. The molecule has 0 unspecified atom stereocenters. The number of hydrogen-bond acceptors (Lipinski definition) is 7. The fourth-order valence-electron chi connectivity index (χ4n) is 2.70. The van der Waals surface area contributed by atoms with Crippen LogP contribution in [-0.2, 0) is 9.47 Å². The molecule has 0 aliphatic heterocycles. The van der Waals surface area contributed by atoms with Gasteiger partial charge in [-0.05, 0) is 42.0 Å². The van der Waals surface area contributed by atoms with Gasteiger partial charge in [0.15, 0.2) is 0 Å². The topological polar surface area (TPSA) is 89.3 Å². The molecule has 0 aliphatic carbocycles. The van der Waals surface area contributed by atoms with E-state index >= 15 is 0 Å². The Hall–Kier alpha value is -3.18. The lowest BCUT2D eigenvalue weighted by atomic mass is 10.0. The van der Waals surface area contributed by atoms with Crippen molar-refractivity contribution < 1.29 is 19.1 Å². The minimum Gasteiger partial charge on any atom is -0.465 e. The van der Waals surface area contributed by atoms with Crippen molar-refractivity contribution in [3.63, 3.8) is 0 Å². The maximum absolute atomic E-state index is 12.0. The number of esters is 2. The number of halogens is 2. The van der Waals surface area contributed by atoms with E-state index in [4.69, 9.17) is 32.7 Å². The second kappa shape index (κ2) is 9.75. The molecule has 1 heterocycles. The van der Waals surface area contributed by atoms with Crippen LogP contribution in [0.1, 0.15) is 31.3 Å². The van der Waals surface area contributed by atoms with Crippen LogP contribution in [0.3, 0.4) is 0 Å². The van der Waals surface area contributed by atoms with Crippen molar-refractivity contribution in [1.29, 1.82) is 5.26 Å². The van der Waals surface area contributed by atoms with E-state index in [0.29, 0.717) is 26.3 Å². The fraction of sp³-hybridized carbons (Fsp3) is 0.0909. The first-order valence-electron chi connectivity index (χ1n) is 8.71. The molecule has 31 heavy (non-hydrogen) atoms. The van der Waals surface area contributed by atoms with Gasteiger partial charge < -0.3 is 9.47 Å². The van der Waals surface area contributed by atoms with E-state index < -0.39 is 11.9 Å². The smallest absolute Gasteiger partial charge is 0.337 e. The summed E-state index contributed by atoms with van der Waals surface area (Å²) in [6.07, 6.45) is 1.54. The number of benzene rings is 2. The van der Waals surface area contributed by atoms with Crippen LogP contribution < -0.4 is 0 Å². The van der Waals surface area contributed by atoms with Gasteiger partial charge in [0.05, 0.1) is 46.7 Å². The van der Waals surface area contributed by atoms with Crippen LogP contribution >= 0.6 is 34.5 Å². The monoisotopic (exact) mass is 472 g/mol. The summed E-state index contributed by atoms with van der Waals surface area (Å²) in [6, 6.07) is 11.7. The number of aromatic nitrogens is 1. The molecule has 0 atom stereocenters. The number of rotatable bonds is 5. The van der Waals surface area contributed by atoms with Gasteiger partial charge in [0.2, 0.25) is 0 Å². The summed E-state index contributed by atoms with van der Waals surface area (Å²) in [5.74, 6) is -1.23. The lowest BCUT2D eigenvalue weighted by molar-refractivity contribution is 0.0599. The standard InChI is InChI=1S/C22H14Cl2N2O4S/c1-29-21(27)14-5-12(6-15(8-14)22(28)30-2)7-16(10-25)20-26-19(11-31-20)13-3-4-17(23)18(24)9-13/h3-9,11H,1-2H3/b16-7+. The molecular formula is C22H14Cl2N2O4S. The Balaban J connectivity index is 2.03. The lowest BCUT2D eigenvalue weighted by Crippen LogP contribution is -2.07. The van der Waals surface area contributed by atoms with Gasteiger partial charge in [-0.1, -0.05) is 29.3 Å². The van der Waals surface area contributed by atoms with Gasteiger partial charge in [-0.3, -0.25) is 0 Å². The molecule has 6 nitrogen and oxygen atoms in total. The predicted molar refractivity (Wildman–Crippen MR) is 120 cm³/mol. The molecule has 0 spiro atoms. The van der Waals surface area contributed by atoms with Crippen LogP contribution in [0.2, 0.25) is 10.0 Å². The molecule has 2 aromatic carbocycles. The highest BCUT2D eigenvalue weighted by Gasteiger charge is 2.15. The van der Waals surface area contributed by atoms with E-state index in [1.165, 1.54) is 49.8 Å². The number of nitriles is 1. The summed E-state index contributed by atoms with van der Waals surface area (Å²) in [4.78, 5) is 28.5. The van der Waals surface area contributed by atoms with E-state index in [1.54, 1.807) is 23.6 Å². The van der Waals surface area contributed by atoms with Gasteiger partial charge in [-0.25, -0.2) is 14.6 Å². The molecule has 0 N–H and O–H groups in total. The summed E-state index contributed by atoms with van der Waals surface area (Å²) in [6.45, 7) is 0. The summed E-state index contributed by atoms with van der Waals surface area (Å²) in [7, 11) is 2.48. The minimum atomic E-state index is -0.616. The second-order valence-electron chi connectivity index (χ2n) is 6.16. The normalized spacial score (nSPS) is 11.0. The summed E-state index contributed by atoms with van der Waals surface area (Å²) < 4.78 is 9.48. The molecule has 0 radical (unpaired) electrons. The molecule has 156 valence electrons. The van der Waals surface area contributed by atoms with E-state index in [1.807, 2.05) is 0 Å². The molecule has 1 aromatic heterocycles. The molecule has 9 heteroatoms. The largest absolute Gasteiger partial charge is 0.465 e. The quantitative estimate of drug-likeness (QED) is 0.346. The molecule has 0 aliphatic rings. The predicted octanol–water partition coefficient (Wildman–Crippen LogP) is 5.75. The lowest BCUT2D eigenvalue weighted by Gasteiger charge is -2.06. The molecule has 0 bridgehead atoms. The van der Waals surface area contributed by atoms with Crippen LogP contribution in [0.25, 0.3) is 22.9 Å². The number of nitrogens with zero attached hydrogens (tertiary/aromatic N) is 2. The van der Waals surface area contributed by atoms with Crippen molar-refractivity contribution in [2.75, 3.05) is 14.2 Å². The highest BCUT2D eigenvalue weighted by Crippen LogP contribution is 2.31. The third kappa shape index (κ3) is 5.12. The van der Waals surface area contributed by atoms with E-state index in [-0.39, 0.29) is 16.7 Å². The van der Waals surface area contributed by atoms with Crippen molar-refractivity contribution in [3.05, 3.63) is 73.5 Å². The van der Waals surface area contributed by atoms with Gasteiger partial charge in [-0.15, -0.1) is 11.3 Å². The van der Waals surface area contributed by atoms with Gasteiger partial charge in [0, 0.05) is 10.9 Å². The van der Waals surface area contributed by atoms with Crippen molar-refractivity contribution in [2.24, 2.45) is 0 Å². The van der Waals surface area contributed by atoms with Crippen LogP contribution in [0.5, 0.6) is 0 Å². The second-order valence-corrected chi connectivity index (χ2v) is 7.84. The molecule has 0 fully saturated rings. The van der Waals surface area contributed by atoms with Crippen LogP contribution in [0, 0.1) is 11.3 Å². The zero-order chi connectivity index (χ0) is 22.5. The van der Waals surface area contributed by atoms with Gasteiger partial charge >= 0.3 is 11.9 Å². The van der Waals surface area contributed by atoms with Crippen LogP contribution in [0.15, 0.2) is 41.8 Å². The Morgan fingerprint density at radius 1 is 1.03 bits per heavy atom. The highest BCUT2D eigenvalue weighted by molar-refractivity contribution is 7.11. The van der Waals surface area contributed by atoms with Crippen LogP contribution in [0.4, 0.5) is 0 Å². The highest BCUT2D eigenvalue weighted by atomic mass is 35.5. The molecule has 0 saturated heterocycles. The van der Waals surface area contributed by atoms with Crippen molar-refractivity contribution in [3.8, 4) is 17.3 Å². The summed E-state index contributed by atoms with van der Waals surface area (Å²) >= 11 is 13.3. The first-order valence-corrected chi connectivity index (χ1v) is 10.3. The molecule has 3 aromatic rings. The Kier molecular flexibility index (Phi) is 7.08. The third-order valence-corrected chi connectivity index (χ3v) is 5.79. The maximum atomic E-state index is 12.0. The number of carbonyl (C=O) groups is 2. The zero-order valence-corrected chi connectivity index (χ0v) is 18.6. The third-order valence-electron chi connectivity index (χ3n) is 4.18. The van der Waals surface area contributed by atoms with Gasteiger partial charge in [0.25, 0.3) is 0 Å². The number of allylic oxidation sites excluding steroid dienone is 1. The maximum Gasteiger partial charge on any atom is 0.337 e. The summed E-state index contributed by atoms with van der Waals surface area (Å²) in [5.41, 5.74) is 2.42. The number of methoxy groups -OCH3 is 2. The zero-order valence-electron chi connectivity index (χ0n) is 16.3. The van der Waals surface area contributed by atoms with Crippen molar-refractivity contribution >= 4 is 58.1 Å². The first-order chi connectivity index (χ1) is 14.9. The van der Waals surface area contributed by atoms with E-state index in [0.717, 1.165) is 5.56 Å². The SMILES string of the molecule is COC(=O)c1cc(/C=C(\C#N)c2nc(-c3ccc(Cl)c(Cl)c3)cs2)cc(C(=O)OC)c1. The van der Waals surface area contributed by atoms with E-state index in [9.17, 15) is 14.9 Å². The minimum absolute atomic E-state index is 0.157. The fourth-order valence-corrected chi connectivity index (χ4v) is 3.79. The van der Waals surface area contributed by atoms with Gasteiger partial charge in [-0.2, -0.15) is 5.26 Å². The first kappa shape index (κ1) is 22.5. The molecule has 3 rings (SSSR count). The number of ether oxygens (including phenoxy) is 2. The average molecular weight is 473 g/mol. The van der Waals surface area contributed by atoms with E-state index in [2.05, 4.69) is 11.1 Å². The van der Waals surface area contributed by atoms with Crippen molar-refractivity contribution in [2.45, 2.75) is 0 Å². The van der Waals surface area contributed by atoms with Crippen LogP contribution in [-0.4, -0.2) is 31.1 Å². The van der Waals surface area contributed by atoms with Crippen molar-refractivity contribution in [1.82, 2.24) is 4.98 Å². The Morgan fingerprint density at radius 3 is 2.23 bits per heavy atom. The summed E-state index contributed by atoms with van der Waals surface area (Å²) in [5, 5.41) is 12.8. The van der Waals surface area contributed by atoms with Gasteiger partial charge in [0.1, 0.15) is 11.1 Å². The molecule has 0 amide bonds. The number of hydrogen-bond donors (Lipinski definition) is 0. The average Bonchev–Trinajstić information content (AvgIpc) is 3.28. The Labute approximate surface area is 192 Å². The molecular weight excluding hydrogens is 459 g/mol. The molecule has 0 saturated carbocycles. The number of thiazole rings is 1.